The highest BCUT2D eigenvalue weighted by Crippen LogP contribution is 2.26. The van der Waals surface area contributed by atoms with E-state index in [0.29, 0.717) is 6.54 Å². The summed E-state index contributed by atoms with van der Waals surface area (Å²) in [5.74, 6) is -0.216. The van der Waals surface area contributed by atoms with Crippen molar-refractivity contribution in [2.45, 2.75) is 19.8 Å². The summed E-state index contributed by atoms with van der Waals surface area (Å²) in [7, 11) is 0. The molecule has 1 aliphatic rings. The molecule has 1 heterocycles. The van der Waals surface area contributed by atoms with Gasteiger partial charge in [-0.1, -0.05) is 31.2 Å². The van der Waals surface area contributed by atoms with E-state index in [2.05, 4.69) is 36.5 Å². The summed E-state index contributed by atoms with van der Waals surface area (Å²) in [5, 5.41) is 11.8. The van der Waals surface area contributed by atoms with Crippen molar-refractivity contribution < 1.29 is 9.53 Å². The lowest BCUT2D eigenvalue weighted by molar-refractivity contribution is -0.149. The van der Waals surface area contributed by atoms with Gasteiger partial charge < -0.3 is 10.1 Å². The average Bonchev–Trinajstić information content (AvgIpc) is 2.39. The fraction of sp³-hybridized carbons (Fsp3) is 0.467. The van der Waals surface area contributed by atoms with Crippen LogP contribution in [0.2, 0.25) is 0 Å². The molecule has 1 fully saturated rings. The van der Waals surface area contributed by atoms with Gasteiger partial charge in [-0.2, -0.15) is 5.26 Å². The maximum absolute atomic E-state index is 11.9. The Hall–Kier alpha value is -1.86. The highest BCUT2D eigenvalue weighted by atomic mass is 16.5. The second-order valence-corrected chi connectivity index (χ2v) is 4.86. The molecule has 1 amide bonds. The number of benzene rings is 1. The predicted molar refractivity (Wildman–Crippen MR) is 71.4 cm³/mol. The highest BCUT2D eigenvalue weighted by Gasteiger charge is 2.46. The summed E-state index contributed by atoms with van der Waals surface area (Å²) >= 11 is 0. The molecule has 0 saturated carbocycles. The third-order valence-corrected chi connectivity index (χ3v) is 3.48. The lowest BCUT2D eigenvalue weighted by atomic mass is 9.87. The van der Waals surface area contributed by atoms with E-state index in [1.807, 2.05) is 6.07 Å². The van der Waals surface area contributed by atoms with Crippen molar-refractivity contribution in [2.24, 2.45) is 5.41 Å². The standard InChI is InChI=1S/C15H18N2O2/c1-2-12-3-5-13(6-4-12)7-8-17-14(18)15(9-16)10-19-11-15/h3-6H,2,7-8,10-11H2,1H3,(H,17,18). The number of aryl methyl sites for hydroxylation is 1. The van der Waals surface area contributed by atoms with Crippen LogP contribution in [-0.4, -0.2) is 25.7 Å². The minimum atomic E-state index is -0.952. The van der Waals surface area contributed by atoms with Gasteiger partial charge in [0.05, 0.1) is 19.3 Å². The van der Waals surface area contributed by atoms with Crippen LogP contribution in [0.25, 0.3) is 0 Å². The summed E-state index contributed by atoms with van der Waals surface area (Å²) in [5.41, 5.74) is 1.54. The van der Waals surface area contributed by atoms with Crippen LogP contribution in [-0.2, 0) is 22.4 Å². The largest absolute Gasteiger partial charge is 0.377 e. The van der Waals surface area contributed by atoms with Gasteiger partial charge in [0.2, 0.25) is 5.91 Å². The third kappa shape index (κ3) is 2.94. The Balaban J connectivity index is 1.80. The molecule has 1 aromatic rings. The molecule has 19 heavy (non-hydrogen) atoms. The summed E-state index contributed by atoms with van der Waals surface area (Å²) in [6, 6.07) is 10.4. The number of carbonyl (C=O) groups is 1. The molecule has 1 N–H and O–H groups in total. The van der Waals surface area contributed by atoms with Crippen molar-refractivity contribution in [3.05, 3.63) is 35.4 Å². The van der Waals surface area contributed by atoms with E-state index in [1.165, 1.54) is 11.1 Å². The van der Waals surface area contributed by atoms with Crippen LogP contribution < -0.4 is 5.32 Å². The number of rotatable bonds is 5. The first-order chi connectivity index (χ1) is 9.20. The zero-order valence-electron chi connectivity index (χ0n) is 11.1. The van der Waals surface area contributed by atoms with Crippen molar-refractivity contribution in [2.75, 3.05) is 19.8 Å². The number of nitriles is 1. The van der Waals surface area contributed by atoms with Crippen LogP contribution in [0, 0.1) is 16.7 Å². The lowest BCUT2D eigenvalue weighted by Gasteiger charge is -2.33. The van der Waals surface area contributed by atoms with E-state index in [1.54, 1.807) is 0 Å². The number of nitrogens with zero attached hydrogens (tertiary/aromatic N) is 1. The fourth-order valence-electron chi connectivity index (χ4n) is 1.98. The number of amides is 1. The quantitative estimate of drug-likeness (QED) is 0.869. The van der Waals surface area contributed by atoms with Gasteiger partial charge in [-0.05, 0) is 24.0 Å². The fourth-order valence-corrected chi connectivity index (χ4v) is 1.98. The number of carbonyl (C=O) groups excluding carboxylic acids is 1. The Kier molecular flexibility index (Phi) is 4.18. The molecule has 2 rings (SSSR count). The molecule has 1 saturated heterocycles. The molecule has 1 aliphatic heterocycles. The second-order valence-electron chi connectivity index (χ2n) is 4.86. The van der Waals surface area contributed by atoms with Crippen LogP contribution >= 0.6 is 0 Å². The van der Waals surface area contributed by atoms with Gasteiger partial charge in [-0.3, -0.25) is 4.79 Å². The smallest absolute Gasteiger partial charge is 0.245 e. The van der Waals surface area contributed by atoms with Crippen molar-refractivity contribution in [1.29, 1.82) is 5.26 Å². The first-order valence-electron chi connectivity index (χ1n) is 6.55. The third-order valence-electron chi connectivity index (χ3n) is 3.48. The monoisotopic (exact) mass is 258 g/mol. The van der Waals surface area contributed by atoms with E-state index in [4.69, 9.17) is 10.00 Å². The predicted octanol–water partition coefficient (Wildman–Crippen LogP) is 1.45. The first kappa shape index (κ1) is 13.6. The summed E-state index contributed by atoms with van der Waals surface area (Å²) in [6.45, 7) is 3.09. The Morgan fingerprint density at radius 2 is 2.00 bits per heavy atom. The van der Waals surface area contributed by atoms with Gasteiger partial charge in [0.1, 0.15) is 0 Å². The van der Waals surface area contributed by atoms with Gasteiger partial charge in [0.25, 0.3) is 0 Å². The van der Waals surface area contributed by atoms with Gasteiger partial charge >= 0.3 is 0 Å². The van der Waals surface area contributed by atoms with E-state index in [0.717, 1.165) is 12.8 Å². The van der Waals surface area contributed by atoms with Crippen LogP contribution in [0.3, 0.4) is 0 Å². The molecule has 0 radical (unpaired) electrons. The number of hydrogen-bond donors (Lipinski definition) is 1. The molecule has 0 atom stereocenters. The van der Waals surface area contributed by atoms with Crippen molar-refractivity contribution in [3.8, 4) is 6.07 Å². The molecule has 0 aliphatic carbocycles. The lowest BCUT2D eigenvalue weighted by Crippen LogP contribution is -2.53. The van der Waals surface area contributed by atoms with E-state index in [-0.39, 0.29) is 19.1 Å². The maximum Gasteiger partial charge on any atom is 0.245 e. The van der Waals surface area contributed by atoms with Crippen molar-refractivity contribution in [1.82, 2.24) is 5.32 Å². The summed E-state index contributed by atoms with van der Waals surface area (Å²) in [6.07, 6.45) is 1.81. The molecular weight excluding hydrogens is 240 g/mol. The number of ether oxygens (including phenoxy) is 1. The summed E-state index contributed by atoms with van der Waals surface area (Å²) < 4.78 is 4.96. The van der Waals surface area contributed by atoms with Crippen LogP contribution in [0.1, 0.15) is 18.1 Å². The molecule has 0 spiro atoms. The maximum atomic E-state index is 11.9. The highest BCUT2D eigenvalue weighted by molar-refractivity contribution is 5.86. The normalized spacial score (nSPS) is 16.2. The zero-order valence-corrected chi connectivity index (χ0v) is 11.1. The molecular formula is C15H18N2O2. The molecule has 100 valence electrons. The van der Waals surface area contributed by atoms with Crippen molar-refractivity contribution in [3.63, 3.8) is 0 Å². The SMILES string of the molecule is CCc1ccc(CCNC(=O)C2(C#N)COC2)cc1. The van der Waals surface area contributed by atoms with Crippen LogP contribution in [0.15, 0.2) is 24.3 Å². The molecule has 0 aromatic heterocycles. The van der Waals surface area contributed by atoms with Crippen molar-refractivity contribution >= 4 is 5.91 Å². The molecule has 0 unspecified atom stereocenters. The Bertz CT molecular complexity index is 484. The minimum absolute atomic E-state index is 0.209. The van der Waals surface area contributed by atoms with Crippen LogP contribution in [0.4, 0.5) is 0 Å². The number of hydrogen-bond acceptors (Lipinski definition) is 3. The van der Waals surface area contributed by atoms with Gasteiger partial charge in [0.15, 0.2) is 5.41 Å². The molecule has 1 aromatic carbocycles. The Morgan fingerprint density at radius 3 is 2.47 bits per heavy atom. The minimum Gasteiger partial charge on any atom is -0.377 e. The molecule has 4 heteroatoms. The summed E-state index contributed by atoms with van der Waals surface area (Å²) in [4.78, 5) is 11.9. The Labute approximate surface area is 113 Å². The first-order valence-corrected chi connectivity index (χ1v) is 6.55. The molecule has 0 bridgehead atoms. The topological polar surface area (TPSA) is 62.1 Å². The second kappa shape index (κ2) is 5.85. The average molecular weight is 258 g/mol. The van der Waals surface area contributed by atoms with E-state index < -0.39 is 5.41 Å². The molecule has 4 nitrogen and oxygen atoms in total. The van der Waals surface area contributed by atoms with Gasteiger partial charge in [0, 0.05) is 6.54 Å². The van der Waals surface area contributed by atoms with E-state index >= 15 is 0 Å². The Morgan fingerprint density at radius 1 is 1.37 bits per heavy atom. The van der Waals surface area contributed by atoms with Gasteiger partial charge in [-0.25, -0.2) is 0 Å². The van der Waals surface area contributed by atoms with Gasteiger partial charge in [-0.15, -0.1) is 0 Å². The zero-order chi connectivity index (χ0) is 13.7. The number of nitrogens with one attached hydrogen (secondary N) is 1. The van der Waals surface area contributed by atoms with E-state index in [9.17, 15) is 4.79 Å². The van der Waals surface area contributed by atoms with Crippen LogP contribution in [0.5, 0.6) is 0 Å².